The van der Waals surface area contributed by atoms with Crippen molar-refractivity contribution in [1.29, 1.82) is 0 Å². The van der Waals surface area contributed by atoms with E-state index in [1.807, 2.05) is 73.6 Å². The van der Waals surface area contributed by atoms with Gasteiger partial charge in [0.05, 0.1) is 41.2 Å². The maximum absolute atomic E-state index is 14.2. The van der Waals surface area contributed by atoms with E-state index >= 15 is 0 Å². The fraction of sp³-hybridized carbons (Fsp3) is 0.515. The second kappa shape index (κ2) is 10.1. The van der Waals surface area contributed by atoms with Crippen molar-refractivity contribution < 1.29 is 23.9 Å². The summed E-state index contributed by atoms with van der Waals surface area (Å²) in [5.41, 5.74) is 4.15. The van der Waals surface area contributed by atoms with Gasteiger partial charge < -0.3 is 15.0 Å². The fourth-order valence-corrected chi connectivity index (χ4v) is 7.00. The molecule has 1 aliphatic carbocycles. The van der Waals surface area contributed by atoms with E-state index in [0.29, 0.717) is 35.4 Å². The number of rotatable bonds is 5. The summed E-state index contributed by atoms with van der Waals surface area (Å²) in [4.78, 5) is 60.3. The highest BCUT2D eigenvalue weighted by Crippen LogP contribution is 2.63. The summed E-state index contributed by atoms with van der Waals surface area (Å²) < 4.78 is 7.12. The number of benzene rings is 1. The third kappa shape index (κ3) is 5.01. The number of carbonyl (C=O) groups is 4. The number of likely N-dealkylation sites (tertiary alicyclic amines) is 2. The number of carbonyl (C=O) groups excluding carboxylic acids is 4. The maximum atomic E-state index is 14.2. The first kappa shape index (κ1) is 29.8. The van der Waals surface area contributed by atoms with Crippen molar-refractivity contribution in [3.8, 4) is 11.3 Å². The monoisotopic (exact) mass is 600 g/mol. The minimum atomic E-state index is -0.617. The van der Waals surface area contributed by atoms with Gasteiger partial charge in [-0.2, -0.15) is 5.10 Å². The number of ether oxygens (including phenoxy) is 1. The Bertz CT molecular complexity index is 1700. The van der Waals surface area contributed by atoms with Gasteiger partial charge in [0.1, 0.15) is 11.9 Å². The van der Waals surface area contributed by atoms with Crippen molar-refractivity contribution >= 4 is 29.3 Å². The molecule has 0 bridgehead atoms. The molecule has 44 heavy (non-hydrogen) atoms. The van der Waals surface area contributed by atoms with E-state index < -0.39 is 11.7 Å². The topological polar surface area (TPSA) is 126 Å². The molecular formula is C33H40N6O5. The zero-order valence-corrected chi connectivity index (χ0v) is 26.6. The quantitative estimate of drug-likeness (QED) is 0.436. The first-order chi connectivity index (χ1) is 20.6. The van der Waals surface area contributed by atoms with Crippen molar-refractivity contribution in [2.75, 3.05) is 13.1 Å². The molecule has 2 aromatic heterocycles. The van der Waals surface area contributed by atoms with Gasteiger partial charge in [-0.05, 0) is 69.2 Å². The number of imide groups is 1. The van der Waals surface area contributed by atoms with Gasteiger partial charge in [0.2, 0.25) is 11.8 Å². The highest BCUT2D eigenvalue weighted by molar-refractivity contribution is 6.10. The van der Waals surface area contributed by atoms with E-state index in [-0.39, 0.29) is 53.5 Å². The molecule has 3 aliphatic rings. The van der Waals surface area contributed by atoms with Gasteiger partial charge in [-0.15, -0.1) is 0 Å². The zero-order valence-electron chi connectivity index (χ0n) is 26.6. The maximum Gasteiger partial charge on any atom is 0.407 e. The fourth-order valence-electron chi connectivity index (χ4n) is 7.00. The molecule has 4 heterocycles. The summed E-state index contributed by atoms with van der Waals surface area (Å²) in [7, 11) is 0. The molecule has 3 aromatic rings. The molecule has 1 saturated carbocycles. The molecule has 2 saturated heterocycles. The van der Waals surface area contributed by atoms with E-state index in [9.17, 15) is 19.2 Å². The number of aryl methyl sites for hydroxylation is 2. The van der Waals surface area contributed by atoms with Crippen molar-refractivity contribution in [2.24, 2.45) is 23.2 Å². The first-order valence-electron chi connectivity index (χ1n) is 15.1. The lowest BCUT2D eigenvalue weighted by Gasteiger charge is -2.23. The molecule has 1 aromatic carbocycles. The number of fused-ring (bicyclic) bond motifs is 2. The van der Waals surface area contributed by atoms with Crippen LogP contribution in [0.4, 0.5) is 4.79 Å². The molecule has 232 valence electrons. The number of aromatic nitrogens is 3. The van der Waals surface area contributed by atoms with Crippen molar-refractivity contribution in [2.45, 2.75) is 73.6 Å². The molecule has 6 rings (SSSR count). The summed E-state index contributed by atoms with van der Waals surface area (Å²) in [5, 5.41) is 7.32. The van der Waals surface area contributed by atoms with E-state index in [2.05, 4.69) is 15.4 Å². The van der Waals surface area contributed by atoms with E-state index in [0.717, 1.165) is 16.7 Å². The van der Waals surface area contributed by atoms with E-state index in [1.165, 1.54) is 11.2 Å². The van der Waals surface area contributed by atoms with Crippen LogP contribution in [0.1, 0.15) is 68.6 Å². The van der Waals surface area contributed by atoms with Crippen molar-refractivity contribution in [3.05, 3.63) is 53.0 Å². The average molecular weight is 601 g/mol. The standard InChI is InChI=1S/C33H40N6O5/c1-17-9-18(2)24(28(40)37-12-19(3)22(15-37)36-31(43)44-32(4,5)6)21(10-17)27-23-11-20(14-39(23)35-16-34-27)13-38-29(41)25-26(30(38)42)33(25,7)8/h9-11,14,16,19,22,25-26H,12-13,15H2,1-8H3,(H,36,43)/t19-,22+,25?,26?/m0/s1. The number of hydrogen-bond donors (Lipinski definition) is 1. The Morgan fingerprint density at radius 2 is 1.75 bits per heavy atom. The highest BCUT2D eigenvalue weighted by atomic mass is 16.6. The second-order valence-corrected chi connectivity index (χ2v) is 14.3. The minimum Gasteiger partial charge on any atom is -0.444 e. The van der Waals surface area contributed by atoms with Crippen LogP contribution in [-0.2, 0) is 20.9 Å². The third-order valence-corrected chi connectivity index (χ3v) is 9.25. The lowest BCUT2D eigenvalue weighted by Crippen LogP contribution is -2.43. The van der Waals surface area contributed by atoms with Crippen LogP contribution in [0.2, 0.25) is 0 Å². The molecule has 2 unspecified atom stereocenters. The Kier molecular flexibility index (Phi) is 6.86. The van der Waals surface area contributed by atoms with Gasteiger partial charge in [0.25, 0.3) is 5.91 Å². The molecule has 4 amide bonds. The SMILES string of the molecule is Cc1cc(C)c(C(=O)N2C[C@H](C)[C@H](NC(=O)OC(C)(C)C)C2)c(-c2ncnn3cc(CN4C(=O)C5C(C4=O)C5(C)C)cc23)c1. The summed E-state index contributed by atoms with van der Waals surface area (Å²) in [5.74, 6) is -0.818. The highest BCUT2D eigenvalue weighted by Gasteiger charge is 2.72. The number of nitrogens with zero attached hydrogens (tertiary/aromatic N) is 5. The summed E-state index contributed by atoms with van der Waals surface area (Å²) in [6.07, 6.45) is 2.75. The first-order valence-corrected chi connectivity index (χ1v) is 15.1. The molecule has 11 heteroatoms. The smallest absolute Gasteiger partial charge is 0.407 e. The Morgan fingerprint density at radius 1 is 1.07 bits per heavy atom. The number of alkyl carbamates (subject to hydrolysis) is 1. The van der Waals surface area contributed by atoms with Gasteiger partial charge in [0, 0.05) is 24.8 Å². The molecule has 4 atom stereocenters. The number of piperidine rings is 1. The Labute approximate surface area is 256 Å². The largest absolute Gasteiger partial charge is 0.444 e. The Balaban J connectivity index is 1.29. The summed E-state index contributed by atoms with van der Waals surface area (Å²) in [6.45, 7) is 16.3. The van der Waals surface area contributed by atoms with Crippen LogP contribution >= 0.6 is 0 Å². The molecule has 0 spiro atoms. The van der Waals surface area contributed by atoms with Gasteiger partial charge in [0.15, 0.2) is 0 Å². The lowest BCUT2D eigenvalue weighted by atomic mass is 9.95. The van der Waals surface area contributed by atoms with Gasteiger partial charge in [-0.3, -0.25) is 19.3 Å². The van der Waals surface area contributed by atoms with Crippen LogP contribution in [0.15, 0.2) is 30.7 Å². The van der Waals surface area contributed by atoms with Gasteiger partial charge >= 0.3 is 6.09 Å². The van der Waals surface area contributed by atoms with Crippen molar-refractivity contribution in [3.63, 3.8) is 0 Å². The zero-order chi connectivity index (χ0) is 31.9. The molecular weight excluding hydrogens is 560 g/mol. The van der Waals surface area contributed by atoms with Crippen LogP contribution < -0.4 is 5.32 Å². The number of hydrogen-bond acceptors (Lipinski definition) is 7. The number of amides is 4. The predicted octanol–water partition coefficient (Wildman–Crippen LogP) is 4.14. The second-order valence-electron chi connectivity index (χ2n) is 14.3. The van der Waals surface area contributed by atoms with Crippen LogP contribution in [0.25, 0.3) is 16.8 Å². The molecule has 2 aliphatic heterocycles. The third-order valence-electron chi connectivity index (χ3n) is 9.25. The predicted molar refractivity (Wildman–Crippen MR) is 162 cm³/mol. The molecule has 0 radical (unpaired) electrons. The summed E-state index contributed by atoms with van der Waals surface area (Å²) >= 11 is 0. The van der Waals surface area contributed by atoms with Crippen LogP contribution in [0.3, 0.4) is 0 Å². The minimum absolute atomic E-state index is 0.0345. The molecule has 3 fully saturated rings. The van der Waals surface area contributed by atoms with E-state index in [1.54, 1.807) is 15.6 Å². The van der Waals surface area contributed by atoms with Crippen LogP contribution in [0, 0.1) is 37.0 Å². The van der Waals surface area contributed by atoms with Gasteiger partial charge in [-0.1, -0.05) is 32.4 Å². The molecule has 11 nitrogen and oxygen atoms in total. The Hall–Kier alpha value is -4.28. The molecule has 1 N–H and O–H groups in total. The average Bonchev–Trinajstić information content (AvgIpc) is 3.23. The van der Waals surface area contributed by atoms with Gasteiger partial charge in [-0.25, -0.2) is 14.3 Å². The van der Waals surface area contributed by atoms with E-state index in [4.69, 9.17) is 4.74 Å². The normalized spacial score (nSPS) is 24.2. The Morgan fingerprint density at radius 3 is 2.41 bits per heavy atom. The van der Waals surface area contributed by atoms with Crippen molar-refractivity contribution in [1.82, 2.24) is 29.7 Å². The number of nitrogens with one attached hydrogen (secondary N) is 1. The lowest BCUT2D eigenvalue weighted by molar-refractivity contribution is -0.143. The summed E-state index contributed by atoms with van der Waals surface area (Å²) in [6, 6.07) is 5.57. The van der Waals surface area contributed by atoms with Crippen LogP contribution in [-0.4, -0.2) is 72.9 Å². The van der Waals surface area contributed by atoms with Crippen LogP contribution in [0.5, 0.6) is 0 Å².